The van der Waals surface area contributed by atoms with Crippen molar-refractivity contribution in [2.24, 2.45) is 4.99 Å². The Balaban J connectivity index is 2.11. The van der Waals surface area contributed by atoms with Crippen molar-refractivity contribution < 1.29 is 23.9 Å². The summed E-state index contributed by atoms with van der Waals surface area (Å²) in [5.74, 6) is -1.49. The van der Waals surface area contributed by atoms with Gasteiger partial charge in [-0.2, -0.15) is 10.1 Å². The number of amides is 1. The first-order valence-electron chi connectivity index (χ1n) is 8.76. The Hall–Kier alpha value is -3.27. The van der Waals surface area contributed by atoms with E-state index in [1.165, 1.54) is 25.6 Å². The van der Waals surface area contributed by atoms with Crippen LogP contribution in [-0.2, 0) is 20.8 Å². The normalized spacial score (nSPS) is 11.8. The predicted molar refractivity (Wildman–Crippen MR) is 106 cm³/mol. The molecule has 10 heteroatoms. The fraction of sp³-hybridized carbons (Fsp3) is 0.316. The second kappa shape index (κ2) is 8.39. The van der Waals surface area contributed by atoms with Crippen LogP contribution in [0, 0.1) is 0 Å². The van der Waals surface area contributed by atoms with Crippen molar-refractivity contribution in [1.29, 1.82) is 0 Å². The minimum absolute atomic E-state index is 0.113. The van der Waals surface area contributed by atoms with Gasteiger partial charge in [0, 0.05) is 12.2 Å². The molecule has 0 unspecified atom stereocenters. The van der Waals surface area contributed by atoms with Crippen molar-refractivity contribution in [3.63, 3.8) is 0 Å². The first kappa shape index (κ1) is 20.5. The first-order chi connectivity index (χ1) is 13.8. The number of thiazole rings is 1. The molecule has 0 saturated carbocycles. The number of hydrogen-bond acceptors (Lipinski definition) is 7. The van der Waals surface area contributed by atoms with E-state index in [2.05, 4.69) is 10.1 Å². The van der Waals surface area contributed by atoms with Crippen LogP contribution in [0.4, 0.5) is 0 Å². The molecule has 0 aliphatic rings. The maximum Gasteiger partial charge on any atom is 0.337 e. The van der Waals surface area contributed by atoms with E-state index in [9.17, 15) is 14.4 Å². The Morgan fingerprint density at radius 1 is 1.17 bits per heavy atom. The molecule has 3 aromatic rings. The summed E-state index contributed by atoms with van der Waals surface area (Å²) >= 11 is 1.18. The highest BCUT2D eigenvalue weighted by Gasteiger charge is 2.16. The van der Waals surface area contributed by atoms with Gasteiger partial charge in [-0.15, -0.1) is 0 Å². The number of benzene rings is 1. The van der Waals surface area contributed by atoms with Crippen LogP contribution in [-0.4, -0.2) is 46.4 Å². The minimum atomic E-state index is -0.525. The maximum atomic E-state index is 12.6. The number of carbonyl (C=O) groups is 3. The number of esters is 2. The Bertz CT molecular complexity index is 1160. The predicted octanol–water partition coefficient (Wildman–Crippen LogP) is 2.18. The van der Waals surface area contributed by atoms with Gasteiger partial charge in [0.05, 0.1) is 30.0 Å². The Morgan fingerprint density at radius 3 is 2.55 bits per heavy atom. The monoisotopic (exact) mass is 416 g/mol. The van der Waals surface area contributed by atoms with E-state index < -0.39 is 17.8 Å². The standard InChI is InChI=1S/C19H20N4O5S/c1-11(2)23-8-7-13(21-23)17(25)20-19-22(10-16(24)27-3)14-6-5-12(18(26)28-4)9-15(14)29-19/h5-9,11H,10H2,1-4H3. The van der Waals surface area contributed by atoms with E-state index in [4.69, 9.17) is 9.47 Å². The third kappa shape index (κ3) is 4.27. The molecule has 0 atom stereocenters. The van der Waals surface area contributed by atoms with Gasteiger partial charge in [0.1, 0.15) is 6.54 Å². The lowest BCUT2D eigenvalue weighted by atomic mass is 10.2. The van der Waals surface area contributed by atoms with Crippen LogP contribution < -0.4 is 4.80 Å². The zero-order valence-corrected chi connectivity index (χ0v) is 17.2. The molecule has 29 heavy (non-hydrogen) atoms. The summed E-state index contributed by atoms with van der Waals surface area (Å²) in [5, 5.41) is 4.23. The quantitative estimate of drug-likeness (QED) is 0.591. The second-order valence-electron chi connectivity index (χ2n) is 6.41. The summed E-state index contributed by atoms with van der Waals surface area (Å²) in [6.45, 7) is 3.78. The van der Waals surface area contributed by atoms with E-state index in [1.54, 1.807) is 39.7 Å². The van der Waals surface area contributed by atoms with Crippen molar-refractivity contribution in [1.82, 2.24) is 14.3 Å². The smallest absolute Gasteiger partial charge is 0.337 e. The van der Waals surface area contributed by atoms with Crippen LogP contribution in [0.2, 0.25) is 0 Å². The Kier molecular flexibility index (Phi) is 5.92. The first-order valence-corrected chi connectivity index (χ1v) is 9.58. The van der Waals surface area contributed by atoms with Crippen LogP contribution in [0.5, 0.6) is 0 Å². The van der Waals surface area contributed by atoms with Crippen LogP contribution in [0.25, 0.3) is 10.2 Å². The highest BCUT2D eigenvalue weighted by molar-refractivity contribution is 7.16. The van der Waals surface area contributed by atoms with Crippen LogP contribution >= 0.6 is 11.3 Å². The van der Waals surface area contributed by atoms with Gasteiger partial charge in [-0.05, 0) is 38.1 Å². The molecule has 9 nitrogen and oxygen atoms in total. The molecule has 0 radical (unpaired) electrons. The van der Waals surface area contributed by atoms with E-state index >= 15 is 0 Å². The van der Waals surface area contributed by atoms with Gasteiger partial charge in [0.25, 0.3) is 5.91 Å². The number of methoxy groups -OCH3 is 2. The average Bonchev–Trinajstić information content (AvgIpc) is 3.32. The minimum Gasteiger partial charge on any atom is -0.468 e. The number of hydrogen-bond donors (Lipinski definition) is 0. The molecular formula is C19H20N4O5S. The summed E-state index contributed by atoms with van der Waals surface area (Å²) in [5.41, 5.74) is 1.21. The van der Waals surface area contributed by atoms with Gasteiger partial charge < -0.3 is 14.0 Å². The van der Waals surface area contributed by atoms with Crippen LogP contribution in [0.3, 0.4) is 0 Å². The average molecular weight is 416 g/mol. The number of nitrogens with zero attached hydrogens (tertiary/aromatic N) is 4. The van der Waals surface area contributed by atoms with E-state index in [1.807, 2.05) is 13.8 Å². The zero-order chi connectivity index (χ0) is 21.1. The van der Waals surface area contributed by atoms with E-state index in [0.717, 1.165) is 0 Å². The molecule has 0 saturated heterocycles. The molecule has 0 spiro atoms. The molecule has 3 rings (SSSR count). The lowest BCUT2D eigenvalue weighted by Crippen LogP contribution is -2.22. The number of aromatic nitrogens is 3. The summed E-state index contributed by atoms with van der Waals surface area (Å²) < 4.78 is 13.4. The molecular weight excluding hydrogens is 396 g/mol. The van der Waals surface area contributed by atoms with Gasteiger partial charge in [0.15, 0.2) is 10.5 Å². The molecule has 0 fully saturated rings. The molecule has 2 aromatic heterocycles. The number of fused-ring (bicyclic) bond motifs is 1. The third-order valence-corrected chi connectivity index (χ3v) is 5.21. The zero-order valence-electron chi connectivity index (χ0n) is 16.4. The van der Waals surface area contributed by atoms with Gasteiger partial charge >= 0.3 is 11.9 Å². The molecule has 0 aliphatic heterocycles. The number of ether oxygens (including phenoxy) is 2. The highest BCUT2D eigenvalue weighted by Crippen LogP contribution is 2.20. The maximum absolute atomic E-state index is 12.6. The fourth-order valence-corrected chi connectivity index (χ4v) is 3.70. The second-order valence-corrected chi connectivity index (χ2v) is 7.42. The molecule has 0 N–H and O–H groups in total. The lowest BCUT2D eigenvalue weighted by molar-refractivity contribution is -0.141. The SMILES string of the molecule is COC(=O)Cn1c(=NC(=O)c2ccn(C(C)C)n2)sc2cc(C(=O)OC)ccc21. The molecule has 1 aromatic carbocycles. The van der Waals surface area contributed by atoms with Gasteiger partial charge in [0.2, 0.25) is 0 Å². The molecule has 0 aliphatic carbocycles. The van der Waals surface area contributed by atoms with E-state index in [-0.39, 0.29) is 18.3 Å². The van der Waals surface area contributed by atoms with E-state index in [0.29, 0.717) is 20.6 Å². The van der Waals surface area contributed by atoms with Crippen molar-refractivity contribution in [2.75, 3.05) is 14.2 Å². The van der Waals surface area contributed by atoms with Gasteiger partial charge in [-0.1, -0.05) is 11.3 Å². The van der Waals surface area contributed by atoms with Crippen LogP contribution in [0.1, 0.15) is 40.7 Å². The summed E-state index contributed by atoms with van der Waals surface area (Å²) in [6.07, 6.45) is 1.71. The molecule has 1 amide bonds. The fourth-order valence-electron chi connectivity index (χ4n) is 2.63. The van der Waals surface area contributed by atoms with Crippen molar-refractivity contribution >= 4 is 39.4 Å². The summed E-state index contributed by atoms with van der Waals surface area (Å²) in [6, 6.07) is 6.61. The van der Waals surface area contributed by atoms with Crippen molar-refractivity contribution in [3.05, 3.63) is 46.5 Å². The van der Waals surface area contributed by atoms with Crippen LogP contribution in [0.15, 0.2) is 35.5 Å². The molecule has 2 heterocycles. The van der Waals surface area contributed by atoms with Gasteiger partial charge in [-0.25, -0.2) is 4.79 Å². The largest absolute Gasteiger partial charge is 0.468 e. The highest BCUT2D eigenvalue weighted by atomic mass is 32.1. The van der Waals surface area contributed by atoms with Gasteiger partial charge in [-0.3, -0.25) is 14.3 Å². The summed E-state index contributed by atoms with van der Waals surface area (Å²) in [4.78, 5) is 40.8. The van der Waals surface area contributed by atoms with Crippen molar-refractivity contribution in [3.8, 4) is 0 Å². The van der Waals surface area contributed by atoms with Crippen molar-refractivity contribution in [2.45, 2.75) is 26.4 Å². The Labute approximate surface area is 170 Å². The topological polar surface area (TPSA) is 105 Å². The third-order valence-electron chi connectivity index (χ3n) is 4.17. The molecule has 0 bridgehead atoms. The lowest BCUT2D eigenvalue weighted by Gasteiger charge is -2.04. The number of carbonyl (C=O) groups excluding carboxylic acids is 3. The number of rotatable bonds is 5. The molecule has 152 valence electrons. The Morgan fingerprint density at radius 2 is 1.93 bits per heavy atom. The summed E-state index contributed by atoms with van der Waals surface area (Å²) in [7, 11) is 2.58.